The van der Waals surface area contributed by atoms with Crippen molar-refractivity contribution in [2.45, 2.75) is 118 Å². The standard InChI is InChI=1S/C17H32N2O2.C11H17NO4.C2H6.CH2O/c1-5-6-7-8-9-11-14(2)15(16(20)21)18-17(3)12-10-13-19(17)4;1-7(2)10(9(14)8-3-4-8)16-11(15)12-5-6-13;2*1-2/h9,11,14-15,18H,5-8,10,12-13H2,1-4H3,(H,20,21);6-8,10H,3-5H2,1-2H3,(H,12,15);1-2H3;1H2/b11-9-;;;/t14?,15?,17-;;;/m0.../s1. The molecule has 3 unspecified atom stereocenters. The van der Waals surface area contributed by atoms with Crippen molar-refractivity contribution in [3.05, 3.63) is 12.2 Å². The van der Waals surface area contributed by atoms with Gasteiger partial charge < -0.3 is 24.7 Å². The van der Waals surface area contributed by atoms with Gasteiger partial charge in [0, 0.05) is 11.8 Å². The molecule has 0 bridgehead atoms. The van der Waals surface area contributed by atoms with Gasteiger partial charge in [0.2, 0.25) is 0 Å². The van der Waals surface area contributed by atoms with Crippen LogP contribution in [0.3, 0.4) is 0 Å². The number of hydrogen-bond donors (Lipinski definition) is 3. The van der Waals surface area contributed by atoms with Crippen molar-refractivity contribution >= 4 is 30.9 Å². The van der Waals surface area contributed by atoms with E-state index in [1.165, 1.54) is 19.3 Å². The van der Waals surface area contributed by atoms with Crippen molar-refractivity contribution in [2.75, 3.05) is 20.1 Å². The number of unbranched alkanes of at least 4 members (excludes halogenated alkanes) is 3. The summed E-state index contributed by atoms with van der Waals surface area (Å²) in [6, 6.07) is -0.530. The zero-order chi connectivity index (χ0) is 32.0. The Kier molecular flexibility index (Phi) is 22.8. The number of ketones is 1. The Hall–Kier alpha value is -2.59. The number of carboxylic acids is 1. The van der Waals surface area contributed by atoms with Crippen LogP contribution in [0, 0.1) is 17.8 Å². The summed E-state index contributed by atoms with van der Waals surface area (Å²) in [6.45, 7) is 16.9. The zero-order valence-electron chi connectivity index (χ0n) is 26.7. The quantitative estimate of drug-likeness (QED) is 0.138. The molecule has 41 heavy (non-hydrogen) atoms. The molecular formula is C31H57N3O7. The first-order valence-corrected chi connectivity index (χ1v) is 15.1. The SMILES string of the molecule is C=O.CC.CC(C)C(OC(=O)NCC=O)C(=O)C1CC1.CCCCC/C=C\C(C)C(N[C@]1(C)CCCN1C)C(=O)O. The van der Waals surface area contributed by atoms with Gasteiger partial charge in [-0.25, -0.2) is 4.79 Å². The fraction of sp³-hybridized carbons (Fsp3) is 0.774. The Labute approximate surface area is 248 Å². The minimum atomic E-state index is -0.762. The van der Waals surface area contributed by atoms with Gasteiger partial charge >= 0.3 is 12.1 Å². The van der Waals surface area contributed by atoms with E-state index in [-0.39, 0.29) is 35.7 Å². The van der Waals surface area contributed by atoms with Gasteiger partial charge in [0.15, 0.2) is 11.9 Å². The lowest BCUT2D eigenvalue weighted by Crippen LogP contribution is -2.58. The highest BCUT2D eigenvalue weighted by atomic mass is 16.6. The summed E-state index contributed by atoms with van der Waals surface area (Å²) in [5.74, 6) is -0.755. The van der Waals surface area contributed by atoms with Crippen molar-refractivity contribution in [2.24, 2.45) is 17.8 Å². The van der Waals surface area contributed by atoms with E-state index in [1.807, 2.05) is 41.4 Å². The van der Waals surface area contributed by atoms with Crippen LogP contribution in [0.5, 0.6) is 0 Å². The number of rotatable bonds is 15. The zero-order valence-corrected chi connectivity index (χ0v) is 26.7. The molecule has 1 saturated heterocycles. The Morgan fingerprint density at radius 3 is 2.20 bits per heavy atom. The number of carboxylic acid groups (broad SMARTS) is 1. The van der Waals surface area contributed by atoms with E-state index in [2.05, 4.69) is 48.6 Å². The second-order valence-electron chi connectivity index (χ2n) is 10.8. The average Bonchev–Trinajstić information content (AvgIpc) is 3.75. The Balaban J connectivity index is 0. The maximum atomic E-state index is 11.8. The summed E-state index contributed by atoms with van der Waals surface area (Å²) >= 11 is 0. The van der Waals surface area contributed by atoms with Gasteiger partial charge in [-0.2, -0.15) is 0 Å². The van der Waals surface area contributed by atoms with E-state index in [0.29, 0.717) is 6.29 Å². The molecule has 2 fully saturated rings. The highest BCUT2D eigenvalue weighted by Crippen LogP contribution is 2.33. The van der Waals surface area contributed by atoms with Gasteiger partial charge in [0.1, 0.15) is 19.1 Å². The van der Waals surface area contributed by atoms with Gasteiger partial charge in [-0.05, 0) is 65.0 Å². The second-order valence-corrected chi connectivity index (χ2v) is 10.8. The fourth-order valence-electron chi connectivity index (χ4n) is 4.37. The van der Waals surface area contributed by atoms with Crippen molar-refractivity contribution < 1.29 is 33.8 Å². The van der Waals surface area contributed by atoms with Crippen molar-refractivity contribution in [1.82, 2.24) is 15.5 Å². The Bertz CT molecular complexity index is 786. The smallest absolute Gasteiger partial charge is 0.408 e. The number of aliphatic carboxylic acids is 1. The number of carbonyl (C=O) groups is 5. The van der Waals surface area contributed by atoms with E-state index in [1.54, 1.807) is 0 Å². The number of Topliss-reactive ketones (excluding diaryl/α,β-unsaturated/α-hetero) is 1. The number of nitrogens with one attached hydrogen (secondary N) is 2. The van der Waals surface area contributed by atoms with Crippen molar-refractivity contribution in [3.63, 3.8) is 0 Å². The van der Waals surface area contributed by atoms with Gasteiger partial charge in [0.05, 0.1) is 12.2 Å². The van der Waals surface area contributed by atoms with Crippen LogP contribution in [0.4, 0.5) is 4.79 Å². The number of hydrogen-bond acceptors (Lipinski definition) is 8. The first-order valence-electron chi connectivity index (χ1n) is 15.1. The minimum absolute atomic E-state index is 0.00347. The average molecular weight is 584 g/mol. The first kappa shape index (κ1) is 40.5. The lowest BCUT2D eigenvalue weighted by atomic mass is 9.97. The van der Waals surface area contributed by atoms with Crippen LogP contribution < -0.4 is 10.6 Å². The highest BCUT2D eigenvalue weighted by molar-refractivity contribution is 5.89. The number of alkyl carbamates (subject to hydrolysis) is 1. The third kappa shape index (κ3) is 16.4. The number of aldehydes is 1. The van der Waals surface area contributed by atoms with Crippen LogP contribution in [-0.2, 0) is 23.9 Å². The maximum absolute atomic E-state index is 11.8. The van der Waals surface area contributed by atoms with Gasteiger partial charge in [-0.3, -0.25) is 19.8 Å². The van der Waals surface area contributed by atoms with Crippen LogP contribution in [-0.4, -0.2) is 78.9 Å². The summed E-state index contributed by atoms with van der Waals surface area (Å²) in [4.78, 5) is 54.9. The van der Waals surface area contributed by atoms with Crippen molar-refractivity contribution in [1.29, 1.82) is 0 Å². The molecule has 1 aliphatic carbocycles. The number of carbonyl (C=O) groups excluding carboxylic acids is 4. The molecule has 2 rings (SSSR count). The first-order chi connectivity index (χ1) is 19.5. The number of nitrogens with zero attached hydrogens (tertiary/aromatic N) is 1. The van der Waals surface area contributed by atoms with E-state index >= 15 is 0 Å². The third-order valence-corrected chi connectivity index (χ3v) is 7.10. The van der Waals surface area contributed by atoms with Crippen LogP contribution in [0.25, 0.3) is 0 Å². The third-order valence-electron chi connectivity index (χ3n) is 7.10. The minimum Gasteiger partial charge on any atom is -0.480 e. The largest absolute Gasteiger partial charge is 0.480 e. The number of amides is 1. The highest BCUT2D eigenvalue weighted by Gasteiger charge is 2.39. The molecule has 0 aromatic carbocycles. The van der Waals surface area contributed by atoms with E-state index in [4.69, 9.17) is 9.53 Å². The van der Waals surface area contributed by atoms with Crippen LogP contribution in [0.1, 0.15) is 99.8 Å². The van der Waals surface area contributed by atoms with Crippen LogP contribution in [0.2, 0.25) is 0 Å². The van der Waals surface area contributed by atoms with Crippen LogP contribution >= 0.6 is 0 Å². The summed E-state index contributed by atoms with van der Waals surface area (Å²) in [5, 5.41) is 15.1. The lowest BCUT2D eigenvalue weighted by molar-refractivity contribution is -0.141. The number of ether oxygens (including phenoxy) is 1. The van der Waals surface area contributed by atoms with Crippen molar-refractivity contribution in [3.8, 4) is 0 Å². The van der Waals surface area contributed by atoms with E-state index in [9.17, 15) is 24.3 Å². The normalized spacial score (nSPS) is 20.2. The molecule has 0 spiro atoms. The van der Waals surface area contributed by atoms with Gasteiger partial charge in [-0.1, -0.05) is 66.5 Å². The molecule has 4 atom stereocenters. The molecule has 1 saturated carbocycles. The summed E-state index contributed by atoms with van der Waals surface area (Å²) < 4.78 is 5.02. The number of likely N-dealkylation sites (tertiary alicyclic amines) is 1. The summed E-state index contributed by atoms with van der Waals surface area (Å²) in [5.41, 5.74) is -0.201. The van der Waals surface area contributed by atoms with Gasteiger partial charge in [-0.15, -0.1) is 0 Å². The molecular weight excluding hydrogens is 526 g/mol. The topological polar surface area (TPSA) is 142 Å². The molecule has 0 aromatic rings. The molecule has 0 radical (unpaired) electrons. The van der Waals surface area contributed by atoms with Gasteiger partial charge in [0.25, 0.3) is 0 Å². The monoisotopic (exact) mass is 583 g/mol. The fourth-order valence-corrected chi connectivity index (χ4v) is 4.37. The maximum Gasteiger partial charge on any atom is 0.408 e. The second kappa shape index (κ2) is 23.0. The van der Waals surface area contributed by atoms with Crippen LogP contribution in [0.15, 0.2) is 12.2 Å². The molecule has 1 amide bonds. The summed E-state index contributed by atoms with van der Waals surface area (Å²) in [6.07, 6.45) is 11.9. The Morgan fingerprint density at radius 1 is 1.15 bits per heavy atom. The lowest BCUT2D eigenvalue weighted by Gasteiger charge is -2.37. The molecule has 10 nitrogen and oxygen atoms in total. The molecule has 1 aliphatic heterocycles. The van der Waals surface area contributed by atoms with E-state index < -0.39 is 24.2 Å². The number of allylic oxidation sites excluding steroid dienone is 1. The van der Waals surface area contributed by atoms with E-state index in [0.717, 1.165) is 38.6 Å². The summed E-state index contributed by atoms with van der Waals surface area (Å²) in [7, 11) is 2.06. The molecule has 3 N–H and O–H groups in total. The Morgan fingerprint density at radius 2 is 1.76 bits per heavy atom. The molecule has 0 aromatic heterocycles. The molecule has 10 heteroatoms. The molecule has 1 heterocycles. The predicted octanol–water partition coefficient (Wildman–Crippen LogP) is 5.00. The molecule has 2 aliphatic rings. The molecule has 238 valence electrons. The predicted molar refractivity (Wildman–Crippen MR) is 163 cm³/mol.